The lowest BCUT2D eigenvalue weighted by Gasteiger charge is -2.28. The number of carbonyl (C=O) groups is 1. The number of rotatable bonds is 5. The van der Waals surface area contributed by atoms with Gasteiger partial charge in [0.2, 0.25) is 11.9 Å². The van der Waals surface area contributed by atoms with Crippen molar-refractivity contribution in [3.8, 4) is 17.1 Å². The second-order valence-corrected chi connectivity index (χ2v) is 6.68. The fourth-order valence-electron chi connectivity index (χ4n) is 3.50. The zero-order valence-corrected chi connectivity index (χ0v) is 16.2. The van der Waals surface area contributed by atoms with Crippen LogP contribution in [0.25, 0.3) is 11.4 Å². The van der Waals surface area contributed by atoms with E-state index in [-0.39, 0.29) is 5.69 Å². The summed E-state index contributed by atoms with van der Waals surface area (Å²) in [6.45, 7) is 1.74. The lowest BCUT2D eigenvalue weighted by atomic mass is 9.94. The van der Waals surface area contributed by atoms with Crippen LogP contribution in [-0.2, 0) is 4.79 Å². The number of methoxy groups -OCH3 is 1. The molecule has 10 nitrogen and oxygen atoms in total. The number of nitro groups is 1. The molecule has 10 heteroatoms. The Balaban J connectivity index is 1.86. The first-order chi connectivity index (χ1) is 14.4. The molecule has 152 valence electrons. The molecule has 3 N–H and O–H groups in total. The SMILES string of the molecule is COc1ccccc1C1C(C(N)=O)=C(C)Nc2nc(-c3ccc([N+](=O)[O-])cc3)nn21. The first kappa shape index (κ1) is 19.1. The Kier molecular flexibility index (Phi) is 4.66. The quantitative estimate of drug-likeness (QED) is 0.490. The third kappa shape index (κ3) is 3.13. The van der Waals surface area contributed by atoms with Crippen LogP contribution in [0.4, 0.5) is 11.6 Å². The number of carbonyl (C=O) groups excluding carboxylic acids is 1. The number of primary amides is 1. The fraction of sp³-hybridized carbons (Fsp3) is 0.150. The Morgan fingerprint density at radius 2 is 1.93 bits per heavy atom. The highest BCUT2D eigenvalue weighted by Gasteiger charge is 2.35. The van der Waals surface area contributed by atoms with Crippen molar-refractivity contribution < 1.29 is 14.5 Å². The van der Waals surface area contributed by atoms with Gasteiger partial charge in [-0.2, -0.15) is 4.98 Å². The molecule has 3 aromatic rings. The van der Waals surface area contributed by atoms with Crippen LogP contribution < -0.4 is 15.8 Å². The van der Waals surface area contributed by atoms with Crippen LogP contribution in [0.2, 0.25) is 0 Å². The number of anilines is 1. The molecule has 1 amide bonds. The highest BCUT2D eigenvalue weighted by atomic mass is 16.6. The van der Waals surface area contributed by atoms with Gasteiger partial charge in [0, 0.05) is 29.0 Å². The van der Waals surface area contributed by atoms with E-state index in [1.807, 2.05) is 18.2 Å². The molecule has 0 spiro atoms. The van der Waals surface area contributed by atoms with Crippen LogP contribution in [0, 0.1) is 10.1 Å². The van der Waals surface area contributed by atoms with Crippen molar-refractivity contribution in [3.63, 3.8) is 0 Å². The molecule has 0 saturated carbocycles. The van der Waals surface area contributed by atoms with Gasteiger partial charge in [-0.25, -0.2) is 4.68 Å². The minimum Gasteiger partial charge on any atom is -0.496 e. The Labute approximate surface area is 171 Å². The third-order valence-electron chi connectivity index (χ3n) is 4.89. The van der Waals surface area contributed by atoms with Crippen molar-refractivity contribution >= 4 is 17.5 Å². The van der Waals surface area contributed by atoms with E-state index in [9.17, 15) is 14.9 Å². The second kappa shape index (κ2) is 7.32. The van der Waals surface area contributed by atoms with Crippen LogP contribution in [0.5, 0.6) is 5.75 Å². The number of allylic oxidation sites excluding steroid dienone is 1. The van der Waals surface area contributed by atoms with E-state index in [4.69, 9.17) is 10.5 Å². The predicted octanol–water partition coefficient (Wildman–Crippen LogP) is 2.64. The zero-order chi connectivity index (χ0) is 21.4. The van der Waals surface area contributed by atoms with Crippen molar-refractivity contribution in [2.75, 3.05) is 12.4 Å². The van der Waals surface area contributed by atoms with Gasteiger partial charge in [-0.3, -0.25) is 14.9 Å². The molecular weight excluding hydrogens is 388 g/mol. The summed E-state index contributed by atoms with van der Waals surface area (Å²) in [6.07, 6.45) is 0. The number of amides is 1. The van der Waals surface area contributed by atoms with Crippen LogP contribution in [0.15, 0.2) is 59.8 Å². The van der Waals surface area contributed by atoms with E-state index in [0.29, 0.717) is 39.9 Å². The molecular formula is C20H18N6O4. The number of nitrogens with two attached hydrogens (primary N) is 1. The minimum absolute atomic E-state index is 0.0266. The van der Waals surface area contributed by atoms with Gasteiger partial charge in [-0.15, -0.1) is 5.10 Å². The number of hydrogen-bond donors (Lipinski definition) is 2. The average molecular weight is 406 g/mol. The van der Waals surface area contributed by atoms with Gasteiger partial charge in [0.25, 0.3) is 5.69 Å². The number of benzene rings is 2. The number of fused-ring (bicyclic) bond motifs is 1. The molecule has 0 aliphatic carbocycles. The summed E-state index contributed by atoms with van der Waals surface area (Å²) in [4.78, 5) is 27.2. The van der Waals surface area contributed by atoms with E-state index in [1.165, 1.54) is 12.1 Å². The molecule has 1 aliphatic heterocycles. The topological polar surface area (TPSA) is 138 Å². The van der Waals surface area contributed by atoms with Crippen molar-refractivity contribution in [2.24, 2.45) is 5.73 Å². The van der Waals surface area contributed by atoms with Gasteiger partial charge in [0.05, 0.1) is 17.6 Å². The first-order valence-electron chi connectivity index (χ1n) is 9.02. The summed E-state index contributed by atoms with van der Waals surface area (Å²) in [7, 11) is 1.55. The van der Waals surface area contributed by atoms with Gasteiger partial charge >= 0.3 is 0 Å². The number of nitrogens with one attached hydrogen (secondary N) is 1. The van der Waals surface area contributed by atoms with E-state index in [0.717, 1.165) is 0 Å². The molecule has 0 bridgehead atoms. The number of nitrogens with zero attached hydrogens (tertiary/aromatic N) is 4. The van der Waals surface area contributed by atoms with Crippen LogP contribution >= 0.6 is 0 Å². The highest BCUT2D eigenvalue weighted by molar-refractivity contribution is 5.95. The van der Waals surface area contributed by atoms with Crippen LogP contribution in [0.1, 0.15) is 18.5 Å². The van der Waals surface area contributed by atoms with E-state index < -0.39 is 16.9 Å². The fourth-order valence-corrected chi connectivity index (χ4v) is 3.50. The molecule has 0 saturated heterocycles. The third-order valence-corrected chi connectivity index (χ3v) is 4.89. The smallest absolute Gasteiger partial charge is 0.269 e. The Bertz CT molecular complexity index is 1180. The van der Waals surface area contributed by atoms with Crippen molar-refractivity contribution in [1.29, 1.82) is 0 Å². The highest BCUT2D eigenvalue weighted by Crippen LogP contribution is 2.39. The first-order valence-corrected chi connectivity index (χ1v) is 9.02. The average Bonchev–Trinajstić information content (AvgIpc) is 3.16. The maximum absolute atomic E-state index is 12.3. The van der Waals surface area contributed by atoms with Crippen molar-refractivity contribution in [2.45, 2.75) is 13.0 Å². The van der Waals surface area contributed by atoms with E-state index in [1.54, 1.807) is 36.9 Å². The number of para-hydroxylation sites is 1. The lowest BCUT2D eigenvalue weighted by Crippen LogP contribution is -2.32. The Morgan fingerprint density at radius 3 is 2.57 bits per heavy atom. The van der Waals surface area contributed by atoms with Crippen molar-refractivity contribution in [1.82, 2.24) is 14.8 Å². The number of hydrogen-bond acceptors (Lipinski definition) is 7. The Morgan fingerprint density at radius 1 is 1.23 bits per heavy atom. The molecule has 0 radical (unpaired) electrons. The van der Waals surface area contributed by atoms with E-state index >= 15 is 0 Å². The van der Waals surface area contributed by atoms with Gasteiger partial charge in [0.1, 0.15) is 11.8 Å². The van der Waals surface area contributed by atoms with Crippen LogP contribution in [0.3, 0.4) is 0 Å². The lowest BCUT2D eigenvalue weighted by molar-refractivity contribution is -0.384. The van der Waals surface area contributed by atoms with Gasteiger partial charge in [-0.05, 0) is 25.1 Å². The number of nitro benzene ring substituents is 1. The van der Waals surface area contributed by atoms with Gasteiger partial charge in [0.15, 0.2) is 5.82 Å². The zero-order valence-electron chi connectivity index (χ0n) is 16.2. The maximum Gasteiger partial charge on any atom is 0.269 e. The summed E-state index contributed by atoms with van der Waals surface area (Å²) < 4.78 is 7.05. The summed E-state index contributed by atoms with van der Waals surface area (Å²) in [5.74, 6) is 0.760. The molecule has 4 rings (SSSR count). The molecule has 1 unspecified atom stereocenters. The minimum atomic E-state index is -0.644. The second-order valence-electron chi connectivity index (χ2n) is 6.68. The van der Waals surface area contributed by atoms with Gasteiger partial charge in [-0.1, -0.05) is 18.2 Å². The molecule has 1 aromatic heterocycles. The largest absolute Gasteiger partial charge is 0.496 e. The molecule has 0 fully saturated rings. The maximum atomic E-state index is 12.3. The Hall–Kier alpha value is -4.21. The summed E-state index contributed by atoms with van der Waals surface area (Å²) in [5.41, 5.74) is 7.87. The summed E-state index contributed by atoms with van der Waals surface area (Å²) in [5, 5.41) is 18.5. The molecule has 1 atom stereocenters. The predicted molar refractivity (Wildman–Crippen MR) is 109 cm³/mol. The normalized spacial score (nSPS) is 15.3. The molecule has 2 aromatic carbocycles. The number of aromatic nitrogens is 3. The summed E-state index contributed by atoms with van der Waals surface area (Å²) >= 11 is 0. The standard InChI is InChI=1S/C20H18N6O4/c1-11-16(18(21)27)17(14-5-3-4-6-15(14)30-2)25-20(22-11)23-19(24-25)12-7-9-13(10-8-12)26(28)29/h3-10,17H,1-2H3,(H2,21,27)(H,22,23,24). The monoisotopic (exact) mass is 406 g/mol. The molecule has 30 heavy (non-hydrogen) atoms. The van der Waals surface area contributed by atoms with Crippen LogP contribution in [-0.4, -0.2) is 32.7 Å². The molecule has 1 aliphatic rings. The number of ether oxygens (including phenoxy) is 1. The summed E-state index contributed by atoms with van der Waals surface area (Å²) in [6, 6.07) is 12.6. The van der Waals surface area contributed by atoms with Gasteiger partial charge < -0.3 is 15.8 Å². The number of non-ortho nitro benzene ring substituents is 1. The van der Waals surface area contributed by atoms with E-state index in [2.05, 4.69) is 15.4 Å². The van der Waals surface area contributed by atoms with Crippen molar-refractivity contribution in [3.05, 3.63) is 75.5 Å². The molecule has 2 heterocycles.